The lowest BCUT2D eigenvalue weighted by Crippen LogP contribution is -2.07. The molecule has 0 fully saturated rings. The summed E-state index contributed by atoms with van der Waals surface area (Å²) in [5, 5.41) is 22.5. The van der Waals surface area contributed by atoms with E-state index in [1.807, 2.05) is 42.1 Å². The first kappa shape index (κ1) is 14.6. The topological polar surface area (TPSA) is 106 Å². The predicted octanol–water partition coefficient (Wildman–Crippen LogP) is 2.50. The molecule has 1 aromatic carbocycles. The largest absolute Gasteiger partial charge is 0.396 e. The summed E-state index contributed by atoms with van der Waals surface area (Å²) in [4.78, 5) is 4.53. The summed E-state index contributed by atoms with van der Waals surface area (Å²) in [5.74, 6) is 0.460. The van der Waals surface area contributed by atoms with E-state index in [-0.39, 0.29) is 12.6 Å². The molecule has 24 heavy (non-hydrogen) atoms. The Morgan fingerprint density at radius 1 is 1.29 bits per heavy atom. The Balaban J connectivity index is 1.90. The number of benzene rings is 1. The first-order chi connectivity index (χ1) is 11.7. The molecule has 0 radical (unpaired) electrons. The van der Waals surface area contributed by atoms with Crippen LogP contribution in [0.15, 0.2) is 36.7 Å². The molecule has 3 heterocycles. The lowest BCUT2D eigenvalue weighted by molar-refractivity contribution is 0.258. The molecule has 0 aliphatic carbocycles. The number of nitrogens with zero attached hydrogens (tertiary/aromatic N) is 4. The molecule has 4 rings (SSSR count). The van der Waals surface area contributed by atoms with Crippen LogP contribution < -0.4 is 5.73 Å². The van der Waals surface area contributed by atoms with E-state index >= 15 is 0 Å². The van der Waals surface area contributed by atoms with Crippen LogP contribution in [0.1, 0.15) is 19.4 Å². The maximum Gasteiger partial charge on any atom is 0.135 e. The van der Waals surface area contributed by atoms with Gasteiger partial charge in [-0.2, -0.15) is 10.2 Å². The number of nitrogen functional groups attached to an aromatic ring is 1. The van der Waals surface area contributed by atoms with Crippen molar-refractivity contribution >= 4 is 27.6 Å². The zero-order chi connectivity index (χ0) is 16.7. The van der Waals surface area contributed by atoms with Crippen molar-refractivity contribution < 1.29 is 5.11 Å². The van der Waals surface area contributed by atoms with Gasteiger partial charge >= 0.3 is 0 Å². The Hall–Kier alpha value is -2.93. The Bertz CT molecular complexity index is 1000. The molecule has 7 nitrogen and oxygen atoms in total. The van der Waals surface area contributed by atoms with Gasteiger partial charge in [-0.05, 0) is 31.5 Å². The number of hydrogen-bond donors (Lipinski definition) is 3. The Kier molecular flexibility index (Phi) is 3.42. The highest BCUT2D eigenvalue weighted by atomic mass is 16.3. The molecular formula is C17H18N6O. The summed E-state index contributed by atoms with van der Waals surface area (Å²) in [6.45, 7) is 2.14. The smallest absolute Gasteiger partial charge is 0.135 e. The van der Waals surface area contributed by atoms with E-state index in [0.29, 0.717) is 12.2 Å². The monoisotopic (exact) mass is 322 g/mol. The molecule has 0 aliphatic rings. The molecule has 0 saturated carbocycles. The van der Waals surface area contributed by atoms with Crippen LogP contribution in [-0.4, -0.2) is 36.7 Å². The van der Waals surface area contributed by atoms with E-state index < -0.39 is 0 Å². The van der Waals surface area contributed by atoms with Gasteiger partial charge in [0.05, 0.1) is 22.6 Å². The summed E-state index contributed by atoms with van der Waals surface area (Å²) in [7, 11) is 0. The standard InChI is InChI=1S/C17H18N6O/c1-10(5-7-24)23-9-13-16(22-23)12-3-2-11(14-4-6-19-21-14)8-15(12)20-17(13)18/h2-4,6,8-10,24H,5,7H2,1H3,(H2,18,20)(H,19,21). The van der Waals surface area contributed by atoms with Gasteiger partial charge < -0.3 is 10.8 Å². The number of aliphatic hydroxyl groups excluding tert-OH is 1. The molecule has 1 unspecified atom stereocenters. The average Bonchev–Trinajstić information content (AvgIpc) is 3.25. The molecule has 0 aliphatic heterocycles. The van der Waals surface area contributed by atoms with Crippen molar-refractivity contribution in [2.75, 3.05) is 12.3 Å². The molecule has 1 atom stereocenters. The molecule has 0 amide bonds. The number of H-pyrrole nitrogens is 1. The van der Waals surface area contributed by atoms with E-state index in [1.165, 1.54) is 0 Å². The SMILES string of the molecule is CC(CCO)n1cc2c(N)nc3cc(-c4ccn[nH]4)ccc3c2n1. The highest BCUT2D eigenvalue weighted by Crippen LogP contribution is 2.30. The lowest BCUT2D eigenvalue weighted by Gasteiger charge is -2.09. The summed E-state index contributed by atoms with van der Waals surface area (Å²) in [5.41, 5.74) is 9.70. The number of fused-ring (bicyclic) bond motifs is 3. The quantitative estimate of drug-likeness (QED) is 0.535. The minimum absolute atomic E-state index is 0.0983. The van der Waals surface area contributed by atoms with Gasteiger partial charge in [0.1, 0.15) is 11.3 Å². The molecule has 0 spiro atoms. The van der Waals surface area contributed by atoms with Gasteiger partial charge in [0.2, 0.25) is 0 Å². The van der Waals surface area contributed by atoms with Gasteiger partial charge in [-0.15, -0.1) is 0 Å². The number of aliphatic hydroxyl groups is 1. The average molecular weight is 322 g/mol. The molecule has 7 heteroatoms. The van der Waals surface area contributed by atoms with Crippen LogP contribution in [0.3, 0.4) is 0 Å². The summed E-state index contributed by atoms with van der Waals surface area (Å²) in [6.07, 6.45) is 4.26. The van der Waals surface area contributed by atoms with Crippen LogP contribution in [0, 0.1) is 0 Å². The highest BCUT2D eigenvalue weighted by molar-refractivity contribution is 6.08. The molecule has 3 aromatic heterocycles. The number of nitrogens with one attached hydrogen (secondary N) is 1. The Morgan fingerprint density at radius 2 is 2.17 bits per heavy atom. The first-order valence-electron chi connectivity index (χ1n) is 7.86. The van der Waals surface area contributed by atoms with E-state index in [1.54, 1.807) is 6.20 Å². The van der Waals surface area contributed by atoms with Crippen molar-refractivity contribution in [2.24, 2.45) is 0 Å². The number of pyridine rings is 1. The zero-order valence-corrected chi connectivity index (χ0v) is 13.3. The maximum absolute atomic E-state index is 9.13. The number of aromatic nitrogens is 5. The number of aromatic amines is 1. The lowest BCUT2D eigenvalue weighted by atomic mass is 10.1. The second-order valence-corrected chi connectivity index (χ2v) is 5.93. The third-order valence-corrected chi connectivity index (χ3v) is 4.31. The Morgan fingerprint density at radius 3 is 2.92 bits per heavy atom. The molecular weight excluding hydrogens is 304 g/mol. The number of anilines is 1. The highest BCUT2D eigenvalue weighted by Gasteiger charge is 2.14. The van der Waals surface area contributed by atoms with Gasteiger partial charge in [-0.1, -0.05) is 6.07 Å². The van der Waals surface area contributed by atoms with Crippen LogP contribution in [0.5, 0.6) is 0 Å². The van der Waals surface area contributed by atoms with Gasteiger partial charge in [0, 0.05) is 30.0 Å². The minimum Gasteiger partial charge on any atom is -0.396 e. The van der Waals surface area contributed by atoms with Crippen molar-refractivity contribution in [1.29, 1.82) is 0 Å². The fourth-order valence-electron chi connectivity index (χ4n) is 2.92. The summed E-state index contributed by atoms with van der Waals surface area (Å²) in [6, 6.07) is 8.02. The summed E-state index contributed by atoms with van der Waals surface area (Å²) < 4.78 is 1.85. The number of rotatable bonds is 4. The molecule has 4 N–H and O–H groups in total. The van der Waals surface area contributed by atoms with Crippen LogP contribution in [0.25, 0.3) is 33.1 Å². The first-order valence-corrected chi connectivity index (χ1v) is 7.86. The predicted molar refractivity (Wildman–Crippen MR) is 93.4 cm³/mol. The zero-order valence-electron chi connectivity index (χ0n) is 13.3. The van der Waals surface area contributed by atoms with Gasteiger partial charge in [0.15, 0.2) is 0 Å². The maximum atomic E-state index is 9.13. The van der Waals surface area contributed by atoms with Crippen LogP contribution in [-0.2, 0) is 0 Å². The fourth-order valence-corrected chi connectivity index (χ4v) is 2.92. The fraction of sp³-hybridized carbons (Fsp3) is 0.235. The van der Waals surface area contributed by atoms with E-state index in [4.69, 9.17) is 10.8 Å². The molecule has 0 bridgehead atoms. The van der Waals surface area contributed by atoms with Gasteiger partial charge in [0.25, 0.3) is 0 Å². The van der Waals surface area contributed by atoms with Crippen LogP contribution in [0.2, 0.25) is 0 Å². The minimum atomic E-state index is 0.0983. The van der Waals surface area contributed by atoms with Crippen molar-refractivity contribution in [2.45, 2.75) is 19.4 Å². The van der Waals surface area contributed by atoms with E-state index in [0.717, 1.165) is 33.1 Å². The van der Waals surface area contributed by atoms with Crippen molar-refractivity contribution in [3.05, 3.63) is 36.7 Å². The van der Waals surface area contributed by atoms with Crippen molar-refractivity contribution in [3.63, 3.8) is 0 Å². The third-order valence-electron chi connectivity index (χ3n) is 4.31. The summed E-state index contributed by atoms with van der Waals surface area (Å²) >= 11 is 0. The second kappa shape index (κ2) is 5.61. The number of hydrogen-bond acceptors (Lipinski definition) is 5. The van der Waals surface area contributed by atoms with Crippen molar-refractivity contribution in [3.8, 4) is 11.3 Å². The van der Waals surface area contributed by atoms with Gasteiger partial charge in [-0.25, -0.2) is 4.98 Å². The van der Waals surface area contributed by atoms with E-state index in [9.17, 15) is 0 Å². The van der Waals surface area contributed by atoms with Crippen molar-refractivity contribution in [1.82, 2.24) is 25.0 Å². The number of nitrogens with two attached hydrogens (primary N) is 1. The van der Waals surface area contributed by atoms with Crippen LogP contribution in [0.4, 0.5) is 5.82 Å². The molecule has 122 valence electrons. The molecule has 0 saturated heterocycles. The second-order valence-electron chi connectivity index (χ2n) is 5.93. The Labute approximate surface area is 138 Å². The molecule has 4 aromatic rings. The third kappa shape index (κ3) is 2.30. The normalized spacial score (nSPS) is 12.9. The van der Waals surface area contributed by atoms with E-state index in [2.05, 4.69) is 20.3 Å². The van der Waals surface area contributed by atoms with Crippen LogP contribution >= 0.6 is 0 Å². The van der Waals surface area contributed by atoms with Gasteiger partial charge in [-0.3, -0.25) is 9.78 Å².